The van der Waals surface area contributed by atoms with Crippen molar-refractivity contribution in [1.29, 1.82) is 0 Å². The summed E-state index contributed by atoms with van der Waals surface area (Å²) in [4.78, 5) is 23.0. The summed E-state index contributed by atoms with van der Waals surface area (Å²) in [6.45, 7) is 5.50. The fourth-order valence-corrected chi connectivity index (χ4v) is 2.52. The van der Waals surface area contributed by atoms with Crippen molar-refractivity contribution in [2.24, 2.45) is 0 Å². The number of aryl methyl sites for hydroxylation is 3. The molecule has 0 bridgehead atoms. The molecule has 0 atom stereocenters. The molecule has 1 amide bonds. The average Bonchev–Trinajstić information content (AvgIpc) is 2.54. The van der Waals surface area contributed by atoms with Gasteiger partial charge in [-0.15, -0.1) is 0 Å². The molecule has 0 fully saturated rings. The predicted molar refractivity (Wildman–Crippen MR) is 93.2 cm³/mol. The van der Waals surface area contributed by atoms with Gasteiger partial charge in [0.2, 0.25) is 0 Å². The summed E-state index contributed by atoms with van der Waals surface area (Å²) in [7, 11) is 1.55. The molecule has 0 aliphatic heterocycles. The number of amides is 1. The van der Waals surface area contributed by atoms with Gasteiger partial charge in [0.15, 0.2) is 6.61 Å². The second-order valence-corrected chi connectivity index (χ2v) is 5.64. The maximum absolute atomic E-state index is 12.2. The Labute approximate surface area is 141 Å². The van der Waals surface area contributed by atoms with Gasteiger partial charge in [0.25, 0.3) is 5.91 Å². The first kappa shape index (κ1) is 17.5. The highest BCUT2D eigenvalue weighted by Gasteiger charge is 2.11. The minimum atomic E-state index is -0.280. The fourth-order valence-electron chi connectivity index (χ4n) is 2.52. The molecule has 1 N–H and O–H groups in total. The van der Waals surface area contributed by atoms with Crippen LogP contribution in [0.2, 0.25) is 0 Å². The van der Waals surface area contributed by atoms with Gasteiger partial charge in [0, 0.05) is 5.56 Å². The van der Waals surface area contributed by atoms with Gasteiger partial charge in [-0.2, -0.15) is 0 Å². The lowest BCUT2D eigenvalue weighted by Gasteiger charge is -2.14. The van der Waals surface area contributed by atoms with Gasteiger partial charge in [-0.1, -0.05) is 6.07 Å². The predicted octanol–water partition coefficient (Wildman–Crippen LogP) is 3.45. The van der Waals surface area contributed by atoms with Crippen molar-refractivity contribution in [3.8, 4) is 11.5 Å². The Balaban J connectivity index is 2.07. The Hall–Kier alpha value is -2.82. The van der Waals surface area contributed by atoms with E-state index in [4.69, 9.17) is 9.47 Å². The summed E-state index contributed by atoms with van der Waals surface area (Å²) in [5, 5.41) is 2.79. The van der Waals surface area contributed by atoms with Gasteiger partial charge in [0.05, 0.1) is 12.8 Å². The zero-order valence-corrected chi connectivity index (χ0v) is 14.3. The maximum atomic E-state index is 12.2. The van der Waals surface area contributed by atoms with Crippen LogP contribution in [0.5, 0.6) is 11.5 Å². The third-order valence-corrected chi connectivity index (χ3v) is 3.60. The van der Waals surface area contributed by atoms with E-state index in [9.17, 15) is 9.59 Å². The number of hydrogen-bond donors (Lipinski definition) is 1. The van der Waals surface area contributed by atoms with Crippen LogP contribution < -0.4 is 14.8 Å². The van der Waals surface area contributed by atoms with Crippen LogP contribution >= 0.6 is 0 Å². The molecule has 0 radical (unpaired) electrons. The Kier molecular flexibility index (Phi) is 5.58. The van der Waals surface area contributed by atoms with E-state index in [0.717, 1.165) is 23.0 Å². The summed E-state index contributed by atoms with van der Waals surface area (Å²) in [5.74, 6) is 0.931. The largest absolute Gasteiger partial charge is 0.495 e. The molecule has 2 rings (SSSR count). The second-order valence-electron chi connectivity index (χ2n) is 5.64. The first-order valence-electron chi connectivity index (χ1n) is 7.58. The highest BCUT2D eigenvalue weighted by atomic mass is 16.5. The number of anilines is 1. The molecule has 0 unspecified atom stereocenters. The maximum Gasteiger partial charge on any atom is 0.262 e. The lowest BCUT2D eigenvalue weighted by molar-refractivity contribution is -0.118. The summed E-state index contributed by atoms with van der Waals surface area (Å²) in [5.41, 5.74) is 3.85. The highest BCUT2D eigenvalue weighted by Crippen LogP contribution is 2.26. The minimum absolute atomic E-state index is 0.126. The topological polar surface area (TPSA) is 64.6 Å². The SMILES string of the molecule is COc1ccc(C)cc1NC(=O)COc1c(C)cc(C=O)cc1C. The third-order valence-electron chi connectivity index (χ3n) is 3.60. The van der Waals surface area contributed by atoms with E-state index in [-0.39, 0.29) is 12.5 Å². The Morgan fingerprint density at radius 3 is 2.38 bits per heavy atom. The molecule has 0 aliphatic carbocycles. The van der Waals surface area contributed by atoms with Gasteiger partial charge in [0.1, 0.15) is 17.8 Å². The number of hydrogen-bond acceptors (Lipinski definition) is 4. The van der Waals surface area contributed by atoms with Crippen LogP contribution in [0.15, 0.2) is 30.3 Å². The van der Waals surface area contributed by atoms with Gasteiger partial charge in [-0.05, 0) is 61.7 Å². The molecular weight excluding hydrogens is 306 g/mol. The molecule has 2 aromatic carbocycles. The van der Waals surface area contributed by atoms with Gasteiger partial charge >= 0.3 is 0 Å². The van der Waals surface area contributed by atoms with Crippen molar-refractivity contribution in [1.82, 2.24) is 0 Å². The monoisotopic (exact) mass is 327 g/mol. The number of ether oxygens (including phenoxy) is 2. The van der Waals surface area contributed by atoms with Crippen molar-refractivity contribution >= 4 is 17.9 Å². The molecule has 5 nitrogen and oxygen atoms in total. The Bertz CT molecular complexity index is 745. The first-order valence-corrected chi connectivity index (χ1v) is 7.58. The quantitative estimate of drug-likeness (QED) is 0.825. The molecule has 0 heterocycles. The molecular formula is C19H21NO4. The van der Waals surface area contributed by atoms with Crippen LogP contribution in [-0.4, -0.2) is 25.9 Å². The summed E-state index contributed by atoms with van der Waals surface area (Å²) >= 11 is 0. The first-order chi connectivity index (χ1) is 11.4. The second kappa shape index (κ2) is 7.64. The average molecular weight is 327 g/mol. The number of rotatable bonds is 6. The van der Waals surface area contributed by atoms with E-state index in [2.05, 4.69) is 5.32 Å². The standard InChI is InChI=1S/C19H21NO4/c1-12-5-6-17(23-4)16(7-12)20-18(22)11-24-19-13(2)8-15(10-21)9-14(19)3/h5-10H,11H2,1-4H3,(H,20,22). The molecule has 2 aromatic rings. The van der Waals surface area contributed by atoms with Crippen LogP contribution in [0.3, 0.4) is 0 Å². The molecule has 0 saturated heterocycles. The Morgan fingerprint density at radius 1 is 1.12 bits per heavy atom. The molecule has 0 aromatic heterocycles. The van der Waals surface area contributed by atoms with Crippen molar-refractivity contribution < 1.29 is 19.1 Å². The van der Waals surface area contributed by atoms with E-state index < -0.39 is 0 Å². The number of aldehydes is 1. The molecule has 24 heavy (non-hydrogen) atoms. The minimum Gasteiger partial charge on any atom is -0.495 e. The fraction of sp³-hybridized carbons (Fsp3) is 0.263. The van der Waals surface area contributed by atoms with Crippen LogP contribution in [0.25, 0.3) is 0 Å². The normalized spacial score (nSPS) is 10.2. The molecule has 0 spiro atoms. The van der Waals surface area contributed by atoms with Gasteiger partial charge in [-0.3, -0.25) is 9.59 Å². The zero-order chi connectivity index (χ0) is 17.7. The number of benzene rings is 2. The Morgan fingerprint density at radius 2 is 1.79 bits per heavy atom. The van der Waals surface area contributed by atoms with Crippen molar-refractivity contribution in [3.63, 3.8) is 0 Å². The van der Waals surface area contributed by atoms with Crippen LogP contribution in [0.4, 0.5) is 5.69 Å². The summed E-state index contributed by atoms with van der Waals surface area (Å²) < 4.78 is 10.9. The number of carbonyl (C=O) groups excluding carboxylic acids is 2. The van der Waals surface area contributed by atoms with E-state index in [1.807, 2.05) is 32.9 Å². The van der Waals surface area contributed by atoms with Crippen molar-refractivity contribution in [2.75, 3.05) is 19.0 Å². The van der Waals surface area contributed by atoms with E-state index in [1.165, 1.54) is 0 Å². The zero-order valence-electron chi connectivity index (χ0n) is 14.3. The molecule has 0 saturated carbocycles. The van der Waals surface area contributed by atoms with E-state index in [1.54, 1.807) is 25.3 Å². The lowest BCUT2D eigenvalue weighted by atomic mass is 10.1. The third kappa shape index (κ3) is 4.13. The highest BCUT2D eigenvalue weighted by molar-refractivity contribution is 5.93. The van der Waals surface area contributed by atoms with Gasteiger partial charge in [-0.25, -0.2) is 0 Å². The van der Waals surface area contributed by atoms with Crippen molar-refractivity contribution in [3.05, 3.63) is 52.6 Å². The summed E-state index contributed by atoms with van der Waals surface area (Å²) in [6, 6.07) is 9.02. The number of methoxy groups -OCH3 is 1. The number of nitrogens with one attached hydrogen (secondary N) is 1. The van der Waals surface area contributed by atoms with Gasteiger partial charge < -0.3 is 14.8 Å². The number of carbonyl (C=O) groups is 2. The molecule has 0 aliphatic rings. The molecule has 126 valence electrons. The van der Waals surface area contributed by atoms with Crippen LogP contribution in [0.1, 0.15) is 27.0 Å². The van der Waals surface area contributed by atoms with Crippen LogP contribution in [0, 0.1) is 20.8 Å². The van der Waals surface area contributed by atoms with Crippen LogP contribution in [-0.2, 0) is 4.79 Å². The smallest absolute Gasteiger partial charge is 0.262 e. The lowest BCUT2D eigenvalue weighted by Crippen LogP contribution is -2.21. The van der Waals surface area contributed by atoms with Crippen molar-refractivity contribution in [2.45, 2.75) is 20.8 Å². The van der Waals surface area contributed by atoms with E-state index in [0.29, 0.717) is 22.7 Å². The van der Waals surface area contributed by atoms with E-state index >= 15 is 0 Å². The molecule has 5 heteroatoms. The summed E-state index contributed by atoms with van der Waals surface area (Å²) in [6.07, 6.45) is 0.792.